The highest BCUT2D eigenvalue weighted by atomic mass is 32.2. The summed E-state index contributed by atoms with van der Waals surface area (Å²) in [7, 11) is -0.654. The van der Waals surface area contributed by atoms with Crippen LogP contribution >= 0.6 is 0 Å². The molecule has 0 bridgehead atoms. The zero-order chi connectivity index (χ0) is 29.7. The van der Waals surface area contributed by atoms with Gasteiger partial charge in [-0.15, -0.1) is 0 Å². The van der Waals surface area contributed by atoms with Crippen LogP contribution in [-0.4, -0.2) is 61.4 Å². The van der Waals surface area contributed by atoms with E-state index in [9.17, 15) is 26.8 Å². The van der Waals surface area contributed by atoms with Crippen LogP contribution in [0.2, 0.25) is 0 Å². The van der Waals surface area contributed by atoms with Gasteiger partial charge in [-0.1, -0.05) is 0 Å². The van der Waals surface area contributed by atoms with E-state index in [1.165, 1.54) is 0 Å². The van der Waals surface area contributed by atoms with E-state index in [-0.39, 0.29) is 29.9 Å². The minimum atomic E-state index is -4.33. The molecule has 4 N–H and O–H groups in total. The second-order valence-electron chi connectivity index (χ2n) is 10.8. The summed E-state index contributed by atoms with van der Waals surface area (Å²) in [5.74, 6) is -2.73. The second kappa shape index (κ2) is 10.5. The number of H-pyrrole nitrogens is 1. The standard InChI is InChI=1S/C27H31F2N7O4S/c1-27(2)23-20(14-36(27)41(39,40)18-11-15(28)10-16(29)12-18)24(34-33-23)32-25(37)19-8-7-17(35(3)4)13-22(19)31-26(38)21-6-5-9-30-21/h7-8,10-13,21,30H,5-6,9,14H2,1-4H3,(H,31,38)(H2,32,33,34,37). The molecular weight excluding hydrogens is 556 g/mol. The number of hydrogen-bond donors (Lipinski definition) is 4. The van der Waals surface area contributed by atoms with E-state index in [1.54, 1.807) is 32.0 Å². The Morgan fingerprint density at radius 2 is 1.80 bits per heavy atom. The number of carbonyl (C=O) groups is 2. The first-order valence-electron chi connectivity index (χ1n) is 13.0. The molecule has 2 aromatic carbocycles. The maximum Gasteiger partial charge on any atom is 0.258 e. The molecule has 1 atom stereocenters. The summed E-state index contributed by atoms with van der Waals surface area (Å²) in [5, 5.41) is 15.8. The van der Waals surface area contributed by atoms with Gasteiger partial charge in [0.25, 0.3) is 5.91 Å². The van der Waals surface area contributed by atoms with Crippen molar-refractivity contribution in [3.8, 4) is 0 Å². The Bertz CT molecular complexity index is 1610. The molecule has 3 aromatic rings. The molecule has 3 heterocycles. The minimum Gasteiger partial charge on any atom is -0.378 e. The molecule has 2 amide bonds. The van der Waals surface area contributed by atoms with Gasteiger partial charge < -0.3 is 20.9 Å². The van der Waals surface area contributed by atoms with Gasteiger partial charge >= 0.3 is 0 Å². The Hall–Kier alpha value is -3.88. The van der Waals surface area contributed by atoms with Gasteiger partial charge in [0.05, 0.1) is 33.4 Å². The second-order valence-corrected chi connectivity index (χ2v) is 12.7. The molecule has 14 heteroatoms. The van der Waals surface area contributed by atoms with Crippen LogP contribution in [0.1, 0.15) is 48.3 Å². The maximum absolute atomic E-state index is 13.9. The van der Waals surface area contributed by atoms with E-state index in [1.807, 2.05) is 19.0 Å². The molecule has 0 saturated carbocycles. The molecule has 218 valence electrons. The summed E-state index contributed by atoms with van der Waals surface area (Å²) in [4.78, 5) is 27.7. The van der Waals surface area contributed by atoms with Crippen molar-refractivity contribution in [2.75, 3.05) is 36.2 Å². The molecule has 5 rings (SSSR count). The number of anilines is 3. The first kappa shape index (κ1) is 28.6. The summed E-state index contributed by atoms with van der Waals surface area (Å²) in [6.45, 7) is 3.79. The van der Waals surface area contributed by atoms with Gasteiger partial charge in [-0.05, 0) is 63.6 Å². The van der Waals surface area contributed by atoms with Crippen LogP contribution in [0.3, 0.4) is 0 Å². The number of amides is 2. The Balaban J connectivity index is 1.43. The van der Waals surface area contributed by atoms with Crippen molar-refractivity contribution in [1.82, 2.24) is 19.8 Å². The van der Waals surface area contributed by atoms with Gasteiger partial charge in [0.1, 0.15) is 11.6 Å². The van der Waals surface area contributed by atoms with Crippen molar-refractivity contribution in [3.63, 3.8) is 0 Å². The van der Waals surface area contributed by atoms with Crippen molar-refractivity contribution in [1.29, 1.82) is 0 Å². The average Bonchev–Trinajstić information content (AvgIpc) is 3.62. The molecule has 1 saturated heterocycles. The highest BCUT2D eigenvalue weighted by Gasteiger charge is 2.48. The highest BCUT2D eigenvalue weighted by molar-refractivity contribution is 7.89. The molecule has 11 nitrogen and oxygen atoms in total. The quantitative estimate of drug-likeness (QED) is 0.333. The maximum atomic E-state index is 13.9. The Labute approximate surface area is 236 Å². The molecular formula is C27H31F2N7O4S. The third-order valence-electron chi connectivity index (χ3n) is 7.46. The van der Waals surface area contributed by atoms with Crippen LogP contribution in [0.5, 0.6) is 0 Å². The number of sulfonamides is 1. The molecule has 0 aliphatic carbocycles. The van der Waals surface area contributed by atoms with Gasteiger partial charge in [-0.25, -0.2) is 17.2 Å². The lowest BCUT2D eigenvalue weighted by atomic mass is 10.0. The zero-order valence-electron chi connectivity index (χ0n) is 23.0. The number of hydrogen-bond acceptors (Lipinski definition) is 7. The summed E-state index contributed by atoms with van der Waals surface area (Å²) in [6, 6.07) is 6.79. The fourth-order valence-corrected chi connectivity index (χ4v) is 6.97. The van der Waals surface area contributed by atoms with Crippen LogP contribution in [0.4, 0.5) is 26.0 Å². The number of aromatic amines is 1. The van der Waals surface area contributed by atoms with Gasteiger partial charge in [-0.2, -0.15) is 9.40 Å². The molecule has 2 aliphatic rings. The molecule has 0 radical (unpaired) electrons. The van der Waals surface area contributed by atoms with E-state index in [0.717, 1.165) is 35.1 Å². The van der Waals surface area contributed by atoms with Gasteiger partial charge in [0, 0.05) is 38.0 Å². The minimum absolute atomic E-state index is 0.104. The predicted octanol–water partition coefficient (Wildman–Crippen LogP) is 3.14. The molecule has 0 spiro atoms. The number of rotatable bonds is 7. The van der Waals surface area contributed by atoms with Crippen molar-refractivity contribution in [2.24, 2.45) is 0 Å². The topological polar surface area (TPSA) is 140 Å². The van der Waals surface area contributed by atoms with E-state index in [2.05, 4.69) is 26.1 Å². The van der Waals surface area contributed by atoms with Crippen molar-refractivity contribution >= 4 is 39.0 Å². The lowest BCUT2D eigenvalue weighted by molar-refractivity contribution is -0.117. The third kappa shape index (κ3) is 5.29. The molecule has 1 aromatic heterocycles. The Kier molecular flexibility index (Phi) is 7.34. The third-order valence-corrected chi connectivity index (χ3v) is 9.46. The number of carbonyl (C=O) groups excluding carboxylic acids is 2. The summed E-state index contributed by atoms with van der Waals surface area (Å²) >= 11 is 0. The van der Waals surface area contributed by atoms with E-state index >= 15 is 0 Å². The van der Waals surface area contributed by atoms with Crippen LogP contribution in [0.25, 0.3) is 0 Å². The smallest absolute Gasteiger partial charge is 0.258 e. The van der Waals surface area contributed by atoms with E-state index in [0.29, 0.717) is 29.4 Å². The number of fused-ring (bicyclic) bond motifs is 1. The molecule has 41 heavy (non-hydrogen) atoms. The summed E-state index contributed by atoms with van der Waals surface area (Å²) < 4.78 is 55.7. The highest BCUT2D eigenvalue weighted by Crippen LogP contribution is 2.44. The van der Waals surface area contributed by atoms with Crippen molar-refractivity contribution in [3.05, 3.63) is 64.9 Å². The lowest BCUT2D eigenvalue weighted by Crippen LogP contribution is -2.40. The monoisotopic (exact) mass is 587 g/mol. The fraction of sp³-hybridized carbons (Fsp3) is 0.370. The predicted molar refractivity (Wildman–Crippen MR) is 149 cm³/mol. The van der Waals surface area contributed by atoms with Crippen LogP contribution in [-0.2, 0) is 26.9 Å². The van der Waals surface area contributed by atoms with Crippen LogP contribution < -0.4 is 20.9 Å². The number of nitrogens with zero attached hydrogens (tertiary/aromatic N) is 3. The number of nitrogens with one attached hydrogen (secondary N) is 4. The zero-order valence-corrected chi connectivity index (χ0v) is 23.8. The number of halogens is 2. The Morgan fingerprint density at radius 1 is 1.10 bits per heavy atom. The van der Waals surface area contributed by atoms with Gasteiger partial charge in [0.15, 0.2) is 5.82 Å². The van der Waals surface area contributed by atoms with E-state index in [4.69, 9.17) is 0 Å². The van der Waals surface area contributed by atoms with Crippen LogP contribution in [0, 0.1) is 11.6 Å². The van der Waals surface area contributed by atoms with Gasteiger partial charge in [0.2, 0.25) is 15.9 Å². The lowest BCUT2D eigenvalue weighted by Gasteiger charge is -2.30. The van der Waals surface area contributed by atoms with Crippen LogP contribution in [0.15, 0.2) is 41.3 Å². The largest absolute Gasteiger partial charge is 0.378 e. The number of aromatic nitrogens is 2. The normalized spacial score (nSPS) is 18.2. The fourth-order valence-electron chi connectivity index (χ4n) is 5.20. The average molecular weight is 588 g/mol. The van der Waals surface area contributed by atoms with Crippen molar-refractivity contribution in [2.45, 2.75) is 49.7 Å². The van der Waals surface area contributed by atoms with Gasteiger partial charge in [-0.3, -0.25) is 14.7 Å². The summed E-state index contributed by atoms with van der Waals surface area (Å²) in [6.07, 6.45) is 1.57. The van der Waals surface area contributed by atoms with E-state index < -0.39 is 38.0 Å². The molecule has 2 aliphatic heterocycles. The number of benzene rings is 2. The summed E-state index contributed by atoms with van der Waals surface area (Å²) in [5.41, 5.74) is 0.945. The first-order valence-corrected chi connectivity index (χ1v) is 14.5. The molecule has 1 fully saturated rings. The Morgan fingerprint density at radius 3 is 2.44 bits per heavy atom. The SMILES string of the molecule is CN(C)c1ccc(C(=O)Nc2n[nH]c3c2CN(S(=O)(=O)c2cc(F)cc(F)c2)C3(C)C)c(NC(=O)C2CCCN2)c1. The molecule has 1 unspecified atom stereocenters. The first-order chi connectivity index (χ1) is 19.3. The van der Waals surface area contributed by atoms with Crippen molar-refractivity contribution < 1.29 is 26.8 Å².